The standard InChI is InChI=1S/C43H58N4O9S/c1-7-27-20-26(2)10-8-9-11-28-23-43(28,41(51)45-57(52,53)30-12-13-30)24-36(48)35-21-29(25-47(35)40(50)33(27)22-37(49)56-42(3,4)5)55-39-32-14-15-34-38(31(32)16-17-44-39)54-19-18-46(34)6/h9,11,14-17,26-30,33,35H,7-8,10,12-13,18-25H2,1-6H3,(H,45,51)/b11-9-/t26-,27+,28+,29+,33-,35-,43+/m0/s1. The Hall–Kier alpha value is -4.20. The van der Waals surface area contributed by atoms with Crippen molar-refractivity contribution < 1.29 is 41.8 Å². The van der Waals surface area contributed by atoms with Crippen LogP contribution in [0.2, 0.25) is 0 Å². The van der Waals surface area contributed by atoms with Crippen LogP contribution in [0, 0.1) is 29.1 Å². The number of rotatable bonds is 8. The number of carbonyl (C=O) groups excluding carboxylic acids is 4. The van der Waals surface area contributed by atoms with Gasteiger partial charge in [-0.2, -0.15) is 0 Å². The lowest BCUT2D eigenvalue weighted by Gasteiger charge is -2.33. The van der Waals surface area contributed by atoms with Crippen LogP contribution in [0.25, 0.3) is 10.8 Å². The minimum atomic E-state index is -3.86. The predicted molar refractivity (Wildman–Crippen MR) is 215 cm³/mol. The summed E-state index contributed by atoms with van der Waals surface area (Å²) in [5.74, 6) is -1.74. The van der Waals surface area contributed by atoms with E-state index in [0.29, 0.717) is 44.6 Å². The average Bonchev–Trinajstić information content (AvgIpc) is 4.07. The number of fused-ring (bicyclic) bond motifs is 5. The third-order valence-electron chi connectivity index (χ3n) is 12.5. The molecule has 0 spiro atoms. The van der Waals surface area contributed by atoms with Gasteiger partial charge in [-0.25, -0.2) is 13.4 Å². The first-order chi connectivity index (χ1) is 27.0. The van der Waals surface area contributed by atoms with Crippen LogP contribution < -0.4 is 19.1 Å². The maximum Gasteiger partial charge on any atom is 0.307 e. The summed E-state index contributed by atoms with van der Waals surface area (Å²) in [6, 6.07) is 4.82. The summed E-state index contributed by atoms with van der Waals surface area (Å²) >= 11 is 0. The highest BCUT2D eigenvalue weighted by Gasteiger charge is 2.61. The maximum absolute atomic E-state index is 15.1. The molecule has 0 bridgehead atoms. The van der Waals surface area contributed by atoms with E-state index in [2.05, 4.69) is 21.5 Å². The summed E-state index contributed by atoms with van der Waals surface area (Å²) in [6.45, 7) is 10.9. The van der Waals surface area contributed by atoms with Gasteiger partial charge in [-0.05, 0) is 95.2 Å². The quantitative estimate of drug-likeness (QED) is 0.256. The van der Waals surface area contributed by atoms with Gasteiger partial charge >= 0.3 is 5.97 Å². The molecule has 5 aliphatic rings. The fourth-order valence-electron chi connectivity index (χ4n) is 9.10. The van der Waals surface area contributed by atoms with Crippen molar-refractivity contribution >= 4 is 50.1 Å². The van der Waals surface area contributed by atoms with Crippen molar-refractivity contribution in [1.82, 2.24) is 14.6 Å². The monoisotopic (exact) mass is 806 g/mol. The number of hydrogen-bond acceptors (Lipinski definition) is 11. The topological polar surface area (TPSA) is 162 Å². The highest BCUT2D eigenvalue weighted by atomic mass is 32.2. The first-order valence-electron chi connectivity index (χ1n) is 20.7. The molecule has 7 rings (SSSR count). The van der Waals surface area contributed by atoms with E-state index in [0.717, 1.165) is 41.6 Å². The molecule has 3 fully saturated rings. The number of allylic oxidation sites excluding steroid dienone is 2. The van der Waals surface area contributed by atoms with Crippen molar-refractivity contribution in [3.63, 3.8) is 0 Å². The van der Waals surface area contributed by atoms with Crippen LogP contribution in [-0.4, -0.2) is 91.6 Å². The second-order valence-corrected chi connectivity index (χ2v) is 20.0. The van der Waals surface area contributed by atoms with Crippen LogP contribution >= 0.6 is 0 Å². The van der Waals surface area contributed by atoms with Gasteiger partial charge in [-0.15, -0.1) is 0 Å². The Labute approximate surface area is 336 Å². The zero-order chi connectivity index (χ0) is 40.9. The molecule has 13 nitrogen and oxygen atoms in total. The molecule has 310 valence electrons. The number of ketones is 1. The summed E-state index contributed by atoms with van der Waals surface area (Å²) in [7, 11) is -1.84. The summed E-state index contributed by atoms with van der Waals surface area (Å²) in [5.41, 5.74) is -1.04. The van der Waals surface area contributed by atoms with Crippen LogP contribution in [0.1, 0.15) is 98.8 Å². The van der Waals surface area contributed by atoms with Crippen molar-refractivity contribution in [3.05, 3.63) is 36.5 Å². The number of anilines is 1. The van der Waals surface area contributed by atoms with E-state index in [-0.39, 0.29) is 55.3 Å². The lowest BCUT2D eigenvalue weighted by molar-refractivity contribution is -0.160. The molecule has 2 aromatic rings. The molecule has 1 N–H and O–H groups in total. The van der Waals surface area contributed by atoms with E-state index in [1.165, 1.54) is 0 Å². The van der Waals surface area contributed by atoms with Crippen molar-refractivity contribution in [2.24, 2.45) is 29.1 Å². The number of sulfonamides is 1. The van der Waals surface area contributed by atoms with Gasteiger partial charge in [-0.3, -0.25) is 23.9 Å². The van der Waals surface area contributed by atoms with Crippen molar-refractivity contribution in [2.45, 2.75) is 122 Å². The zero-order valence-corrected chi connectivity index (χ0v) is 34.9. The molecule has 0 unspecified atom stereocenters. The van der Waals surface area contributed by atoms with E-state index in [1.807, 2.05) is 44.3 Å². The van der Waals surface area contributed by atoms with Gasteiger partial charge in [0, 0.05) is 36.9 Å². The van der Waals surface area contributed by atoms with Crippen LogP contribution in [-0.2, 0) is 33.9 Å². The Morgan fingerprint density at radius 2 is 1.86 bits per heavy atom. The lowest BCUT2D eigenvalue weighted by Crippen LogP contribution is -2.48. The van der Waals surface area contributed by atoms with E-state index >= 15 is 4.79 Å². The molecule has 1 aromatic carbocycles. The Balaban J connectivity index is 1.24. The van der Waals surface area contributed by atoms with E-state index < -0.39 is 56.2 Å². The molecule has 2 saturated carbocycles. The Bertz CT molecular complexity index is 2040. The van der Waals surface area contributed by atoms with Crippen LogP contribution in [0.4, 0.5) is 5.69 Å². The number of amides is 2. The number of ether oxygens (including phenoxy) is 3. The first-order valence-corrected chi connectivity index (χ1v) is 22.2. The van der Waals surface area contributed by atoms with Crippen molar-refractivity contribution in [1.29, 1.82) is 0 Å². The minimum absolute atomic E-state index is 0.0624. The second kappa shape index (κ2) is 15.9. The van der Waals surface area contributed by atoms with Gasteiger partial charge in [0.2, 0.25) is 27.7 Å². The third kappa shape index (κ3) is 8.80. The second-order valence-electron chi connectivity index (χ2n) is 18.1. The lowest BCUT2D eigenvalue weighted by atomic mass is 9.79. The summed E-state index contributed by atoms with van der Waals surface area (Å²) in [5, 5.41) is 0.972. The molecular formula is C43H58N4O9S. The number of likely N-dealkylation sites (N-methyl/N-ethyl adjacent to an activating group) is 1. The largest absolute Gasteiger partial charge is 0.489 e. The zero-order valence-electron chi connectivity index (χ0n) is 34.1. The van der Waals surface area contributed by atoms with Gasteiger partial charge < -0.3 is 24.0 Å². The molecule has 14 heteroatoms. The number of aromatic nitrogens is 1. The molecule has 2 amide bonds. The molecule has 3 aliphatic heterocycles. The van der Waals surface area contributed by atoms with Crippen molar-refractivity contribution in [2.75, 3.05) is 31.6 Å². The van der Waals surface area contributed by atoms with Crippen LogP contribution in [0.3, 0.4) is 0 Å². The minimum Gasteiger partial charge on any atom is -0.489 e. The van der Waals surface area contributed by atoms with Crippen LogP contribution in [0.5, 0.6) is 11.6 Å². The number of benzene rings is 1. The molecule has 57 heavy (non-hydrogen) atoms. The normalized spacial score (nSPS) is 30.2. The van der Waals surface area contributed by atoms with Gasteiger partial charge in [-0.1, -0.05) is 32.4 Å². The first kappa shape index (κ1) is 41.0. The SMILES string of the molecule is CC[C@@H]1C[C@@H](C)CC/C=C\[C@@H]2C[C@@]2(C(=O)NS(=O)(=O)C2CC2)CC(=O)[C@@H]2C[C@@H](Oc3nccc4c5c(ccc34)N(C)CCO5)CN2C(=O)[C@H]1CC(=O)OC(C)(C)C. The van der Waals surface area contributed by atoms with Gasteiger partial charge in [0.25, 0.3) is 0 Å². The Morgan fingerprint density at radius 3 is 2.58 bits per heavy atom. The molecule has 2 aliphatic carbocycles. The summed E-state index contributed by atoms with van der Waals surface area (Å²) in [4.78, 5) is 65.5. The molecule has 1 saturated heterocycles. The predicted octanol–water partition coefficient (Wildman–Crippen LogP) is 5.74. The highest BCUT2D eigenvalue weighted by Crippen LogP contribution is 2.57. The number of carbonyl (C=O) groups is 4. The number of Topliss-reactive ketones (excluding diaryl/α,β-unsaturated/α-hetero) is 1. The molecule has 0 radical (unpaired) electrons. The summed E-state index contributed by atoms with van der Waals surface area (Å²) < 4.78 is 46.7. The van der Waals surface area contributed by atoms with E-state index in [1.54, 1.807) is 31.9 Å². The number of esters is 1. The fraction of sp³-hybridized carbons (Fsp3) is 0.651. The number of nitrogens with one attached hydrogen (secondary N) is 1. The fourth-order valence-corrected chi connectivity index (χ4v) is 10.5. The molecule has 1 aromatic heterocycles. The number of nitrogens with zero attached hydrogens (tertiary/aromatic N) is 3. The highest BCUT2D eigenvalue weighted by molar-refractivity contribution is 7.90. The molecule has 4 heterocycles. The van der Waals surface area contributed by atoms with E-state index in [9.17, 15) is 22.8 Å². The van der Waals surface area contributed by atoms with Gasteiger partial charge in [0.05, 0.1) is 47.8 Å². The Kier molecular flexibility index (Phi) is 11.4. The van der Waals surface area contributed by atoms with E-state index in [4.69, 9.17) is 14.2 Å². The third-order valence-corrected chi connectivity index (χ3v) is 14.3. The Morgan fingerprint density at radius 1 is 1.09 bits per heavy atom. The van der Waals surface area contributed by atoms with Crippen LogP contribution in [0.15, 0.2) is 36.5 Å². The van der Waals surface area contributed by atoms with Gasteiger partial charge in [0.15, 0.2) is 11.5 Å². The maximum atomic E-state index is 15.1. The number of hydrogen-bond donors (Lipinski definition) is 1. The molecule has 7 atom stereocenters. The van der Waals surface area contributed by atoms with Gasteiger partial charge in [0.1, 0.15) is 18.3 Å². The number of pyridine rings is 1. The summed E-state index contributed by atoms with van der Waals surface area (Å²) in [6.07, 6.45) is 9.00. The smallest absolute Gasteiger partial charge is 0.307 e. The van der Waals surface area contributed by atoms with Crippen molar-refractivity contribution in [3.8, 4) is 11.6 Å². The average molecular weight is 807 g/mol. The molecular weight excluding hydrogens is 749 g/mol.